The van der Waals surface area contributed by atoms with E-state index in [2.05, 4.69) is 15.5 Å². The highest BCUT2D eigenvalue weighted by Crippen LogP contribution is 2.14. The molecule has 0 saturated carbocycles. The summed E-state index contributed by atoms with van der Waals surface area (Å²) in [6.07, 6.45) is 3.49. The third-order valence-electron chi connectivity index (χ3n) is 2.44. The first-order valence-corrected chi connectivity index (χ1v) is 4.84. The summed E-state index contributed by atoms with van der Waals surface area (Å²) in [6, 6.07) is 0. The zero-order valence-electron chi connectivity index (χ0n) is 7.92. The van der Waals surface area contributed by atoms with E-state index in [0.29, 0.717) is 11.8 Å². The molecule has 1 N–H and O–H groups in total. The summed E-state index contributed by atoms with van der Waals surface area (Å²) in [5, 5.41) is 7.27. The molecule has 0 unspecified atom stereocenters. The van der Waals surface area contributed by atoms with Gasteiger partial charge >= 0.3 is 0 Å². The average molecular weight is 181 g/mol. The number of aromatic nitrogens is 2. The van der Waals surface area contributed by atoms with Gasteiger partial charge in [0.1, 0.15) is 0 Å². The van der Waals surface area contributed by atoms with Crippen LogP contribution in [-0.2, 0) is 6.42 Å². The molecule has 0 aliphatic carbocycles. The minimum Gasteiger partial charge on any atom is -0.340 e. The predicted octanol–water partition coefficient (Wildman–Crippen LogP) is 0.920. The van der Waals surface area contributed by atoms with Crippen LogP contribution in [0.4, 0.5) is 0 Å². The number of piperidine rings is 1. The highest BCUT2D eigenvalue weighted by molar-refractivity contribution is 4.87. The lowest BCUT2D eigenvalue weighted by Crippen LogP contribution is -2.31. The Kier molecular flexibility index (Phi) is 2.59. The van der Waals surface area contributed by atoms with Gasteiger partial charge in [-0.1, -0.05) is 5.16 Å². The molecule has 4 heteroatoms. The largest absolute Gasteiger partial charge is 0.340 e. The van der Waals surface area contributed by atoms with Gasteiger partial charge in [0.25, 0.3) is 0 Å². The molecule has 1 aromatic rings. The van der Waals surface area contributed by atoms with Crippen molar-refractivity contribution in [1.29, 1.82) is 0 Å². The molecule has 0 aromatic carbocycles. The van der Waals surface area contributed by atoms with Crippen molar-refractivity contribution in [3.8, 4) is 0 Å². The molecule has 1 fully saturated rings. The fourth-order valence-corrected chi connectivity index (χ4v) is 1.78. The number of rotatable bonds is 2. The second-order valence-corrected chi connectivity index (χ2v) is 3.65. The van der Waals surface area contributed by atoms with Crippen molar-refractivity contribution in [3.63, 3.8) is 0 Å². The quantitative estimate of drug-likeness (QED) is 0.737. The van der Waals surface area contributed by atoms with Crippen LogP contribution >= 0.6 is 0 Å². The predicted molar refractivity (Wildman–Crippen MR) is 48.3 cm³/mol. The topological polar surface area (TPSA) is 51.0 Å². The SMILES string of the molecule is Cc1nc(C[C@@H]2CCCNC2)no1. The van der Waals surface area contributed by atoms with Gasteiger partial charge in [-0.15, -0.1) is 0 Å². The first-order valence-electron chi connectivity index (χ1n) is 4.84. The van der Waals surface area contributed by atoms with E-state index in [1.807, 2.05) is 6.92 Å². The molecule has 0 radical (unpaired) electrons. The maximum atomic E-state index is 4.92. The number of nitrogens with one attached hydrogen (secondary N) is 1. The molecule has 1 saturated heterocycles. The van der Waals surface area contributed by atoms with Crippen LogP contribution in [0.15, 0.2) is 4.52 Å². The first-order chi connectivity index (χ1) is 6.34. The zero-order chi connectivity index (χ0) is 9.10. The van der Waals surface area contributed by atoms with Crippen molar-refractivity contribution >= 4 is 0 Å². The van der Waals surface area contributed by atoms with Gasteiger partial charge in [0.2, 0.25) is 5.89 Å². The molecule has 1 aliphatic rings. The molecule has 0 spiro atoms. The van der Waals surface area contributed by atoms with Gasteiger partial charge in [-0.05, 0) is 31.8 Å². The maximum Gasteiger partial charge on any atom is 0.223 e. The highest BCUT2D eigenvalue weighted by atomic mass is 16.5. The molecular formula is C9H15N3O. The van der Waals surface area contributed by atoms with Gasteiger partial charge in [0.05, 0.1) is 0 Å². The van der Waals surface area contributed by atoms with E-state index >= 15 is 0 Å². The van der Waals surface area contributed by atoms with E-state index in [0.717, 1.165) is 25.3 Å². The van der Waals surface area contributed by atoms with Crippen LogP contribution in [0.3, 0.4) is 0 Å². The Morgan fingerprint density at radius 2 is 2.54 bits per heavy atom. The van der Waals surface area contributed by atoms with Crippen molar-refractivity contribution in [1.82, 2.24) is 15.5 Å². The molecule has 1 aromatic heterocycles. The average Bonchev–Trinajstić information content (AvgIpc) is 2.53. The smallest absolute Gasteiger partial charge is 0.223 e. The standard InChI is InChI=1S/C9H15N3O/c1-7-11-9(12-13-7)5-8-3-2-4-10-6-8/h8,10H,2-6H2,1H3/t8-/m0/s1. The van der Waals surface area contributed by atoms with Crippen LogP contribution in [0.1, 0.15) is 24.6 Å². The van der Waals surface area contributed by atoms with Crippen molar-refractivity contribution in [2.45, 2.75) is 26.2 Å². The van der Waals surface area contributed by atoms with E-state index < -0.39 is 0 Å². The summed E-state index contributed by atoms with van der Waals surface area (Å²) in [6.45, 7) is 4.07. The van der Waals surface area contributed by atoms with Gasteiger partial charge in [0.15, 0.2) is 5.82 Å². The Balaban J connectivity index is 1.89. The number of hydrogen-bond donors (Lipinski definition) is 1. The third-order valence-corrected chi connectivity index (χ3v) is 2.44. The first kappa shape index (κ1) is 8.69. The third kappa shape index (κ3) is 2.28. The Bertz CT molecular complexity index is 266. The van der Waals surface area contributed by atoms with Crippen LogP contribution in [0.2, 0.25) is 0 Å². The highest BCUT2D eigenvalue weighted by Gasteiger charge is 2.15. The Labute approximate surface area is 77.7 Å². The summed E-state index contributed by atoms with van der Waals surface area (Å²) in [7, 11) is 0. The number of hydrogen-bond acceptors (Lipinski definition) is 4. The van der Waals surface area contributed by atoms with E-state index in [1.54, 1.807) is 0 Å². The van der Waals surface area contributed by atoms with E-state index in [9.17, 15) is 0 Å². The van der Waals surface area contributed by atoms with Crippen molar-refractivity contribution < 1.29 is 4.52 Å². The van der Waals surface area contributed by atoms with Gasteiger partial charge < -0.3 is 9.84 Å². The van der Waals surface area contributed by atoms with Crippen molar-refractivity contribution in [3.05, 3.63) is 11.7 Å². The molecule has 0 amide bonds. The minimum absolute atomic E-state index is 0.666. The van der Waals surface area contributed by atoms with Crippen LogP contribution in [0.5, 0.6) is 0 Å². The minimum atomic E-state index is 0.666. The fraction of sp³-hybridized carbons (Fsp3) is 0.778. The summed E-state index contributed by atoms with van der Waals surface area (Å²) in [5.41, 5.74) is 0. The molecule has 1 atom stereocenters. The lowest BCUT2D eigenvalue weighted by Gasteiger charge is -2.20. The van der Waals surface area contributed by atoms with Crippen LogP contribution < -0.4 is 5.32 Å². The maximum absolute atomic E-state index is 4.92. The summed E-state index contributed by atoms with van der Waals surface area (Å²) in [4.78, 5) is 4.20. The summed E-state index contributed by atoms with van der Waals surface area (Å²) in [5.74, 6) is 2.20. The lowest BCUT2D eigenvalue weighted by molar-refractivity contribution is 0.354. The molecular weight excluding hydrogens is 166 g/mol. The molecule has 1 aliphatic heterocycles. The normalized spacial score (nSPS) is 23.3. The Hall–Kier alpha value is -0.900. The summed E-state index contributed by atoms with van der Waals surface area (Å²) >= 11 is 0. The van der Waals surface area contributed by atoms with Gasteiger partial charge in [-0.2, -0.15) is 4.98 Å². The van der Waals surface area contributed by atoms with Gasteiger partial charge in [-0.25, -0.2) is 0 Å². The van der Waals surface area contributed by atoms with E-state index in [-0.39, 0.29) is 0 Å². The van der Waals surface area contributed by atoms with Crippen molar-refractivity contribution in [2.24, 2.45) is 5.92 Å². The number of nitrogens with zero attached hydrogens (tertiary/aromatic N) is 2. The van der Waals surface area contributed by atoms with Crippen LogP contribution in [-0.4, -0.2) is 23.2 Å². The second-order valence-electron chi connectivity index (χ2n) is 3.65. The van der Waals surface area contributed by atoms with Gasteiger partial charge in [-0.3, -0.25) is 0 Å². The number of aryl methyl sites for hydroxylation is 1. The zero-order valence-corrected chi connectivity index (χ0v) is 7.92. The molecule has 0 bridgehead atoms. The van der Waals surface area contributed by atoms with E-state index in [4.69, 9.17) is 4.52 Å². The molecule has 72 valence electrons. The summed E-state index contributed by atoms with van der Waals surface area (Å²) < 4.78 is 4.92. The monoisotopic (exact) mass is 181 g/mol. The fourth-order valence-electron chi connectivity index (χ4n) is 1.78. The van der Waals surface area contributed by atoms with Crippen molar-refractivity contribution in [2.75, 3.05) is 13.1 Å². The van der Waals surface area contributed by atoms with Gasteiger partial charge in [0, 0.05) is 13.3 Å². The van der Waals surface area contributed by atoms with E-state index in [1.165, 1.54) is 12.8 Å². The van der Waals surface area contributed by atoms with Crippen LogP contribution in [0, 0.1) is 12.8 Å². The van der Waals surface area contributed by atoms with Crippen LogP contribution in [0.25, 0.3) is 0 Å². The molecule has 4 nitrogen and oxygen atoms in total. The lowest BCUT2D eigenvalue weighted by atomic mass is 9.96. The Morgan fingerprint density at radius 1 is 1.62 bits per heavy atom. The Morgan fingerprint density at radius 3 is 3.15 bits per heavy atom. The second kappa shape index (κ2) is 3.87. The molecule has 2 rings (SSSR count). The molecule has 2 heterocycles. The molecule has 13 heavy (non-hydrogen) atoms.